The summed E-state index contributed by atoms with van der Waals surface area (Å²) in [5, 5.41) is 7.15. The molecule has 0 aliphatic carbocycles. The Bertz CT molecular complexity index is 149. The molecule has 0 aromatic heterocycles. The van der Waals surface area contributed by atoms with Gasteiger partial charge in [-0.15, -0.1) is 0 Å². The molecule has 13 heavy (non-hydrogen) atoms. The molecule has 0 saturated carbocycles. The molecule has 0 aromatic carbocycles. The summed E-state index contributed by atoms with van der Waals surface area (Å²) in [7, 11) is 0. The van der Waals surface area contributed by atoms with E-state index >= 15 is 0 Å². The SMILES string of the molecule is CC1NCCCC1NCC(C)(C)C. The largest absolute Gasteiger partial charge is 0.313 e. The number of piperidine rings is 1. The van der Waals surface area contributed by atoms with Gasteiger partial charge in [0.25, 0.3) is 0 Å². The van der Waals surface area contributed by atoms with Crippen LogP contribution in [0, 0.1) is 5.41 Å². The predicted octanol–water partition coefficient (Wildman–Crippen LogP) is 1.76. The minimum absolute atomic E-state index is 0.400. The second kappa shape index (κ2) is 4.43. The molecule has 1 aliphatic rings. The number of rotatable bonds is 2. The first kappa shape index (κ1) is 11.0. The van der Waals surface area contributed by atoms with Gasteiger partial charge in [0.2, 0.25) is 0 Å². The van der Waals surface area contributed by atoms with E-state index in [1.54, 1.807) is 0 Å². The minimum atomic E-state index is 0.400. The maximum Gasteiger partial charge on any atom is 0.0219 e. The molecule has 1 aliphatic heterocycles. The predicted molar refractivity (Wildman–Crippen MR) is 57.9 cm³/mol. The molecule has 2 atom stereocenters. The fourth-order valence-electron chi connectivity index (χ4n) is 1.76. The third-order valence-electron chi connectivity index (χ3n) is 2.66. The summed E-state index contributed by atoms with van der Waals surface area (Å²) < 4.78 is 0. The summed E-state index contributed by atoms with van der Waals surface area (Å²) in [6, 6.07) is 1.31. The van der Waals surface area contributed by atoms with Crippen LogP contribution >= 0.6 is 0 Å². The van der Waals surface area contributed by atoms with Crippen LogP contribution < -0.4 is 10.6 Å². The molecule has 0 bridgehead atoms. The third kappa shape index (κ3) is 4.10. The lowest BCUT2D eigenvalue weighted by atomic mass is 9.94. The second-order valence-electron chi connectivity index (χ2n) is 5.43. The van der Waals surface area contributed by atoms with Gasteiger partial charge in [-0.3, -0.25) is 0 Å². The zero-order valence-corrected chi connectivity index (χ0v) is 9.48. The molecule has 78 valence electrons. The van der Waals surface area contributed by atoms with Crippen molar-refractivity contribution < 1.29 is 0 Å². The van der Waals surface area contributed by atoms with Gasteiger partial charge in [-0.1, -0.05) is 20.8 Å². The van der Waals surface area contributed by atoms with Gasteiger partial charge in [0.1, 0.15) is 0 Å². The lowest BCUT2D eigenvalue weighted by Crippen LogP contribution is -2.51. The Balaban J connectivity index is 2.27. The van der Waals surface area contributed by atoms with Crippen LogP contribution in [0.5, 0.6) is 0 Å². The van der Waals surface area contributed by atoms with E-state index in [2.05, 4.69) is 38.3 Å². The Labute approximate surface area is 82.5 Å². The van der Waals surface area contributed by atoms with Crippen LogP contribution in [0.15, 0.2) is 0 Å². The lowest BCUT2D eigenvalue weighted by molar-refractivity contribution is 0.276. The smallest absolute Gasteiger partial charge is 0.0219 e. The molecule has 0 radical (unpaired) electrons. The summed E-state index contributed by atoms with van der Waals surface area (Å²) in [5.41, 5.74) is 0.400. The highest BCUT2D eigenvalue weighted by atomic mass is 15.0. The van der Waals surface area contributed by atoms with Crippen LogP contribution in [0.25, 0.3) is 0 Å². The zero-order valence-electron chi connectivity index (χ0n) is 9.48. The normalized spacial score (nSPS) is 30.5. The molecule has 2 N–H and O–H groups in total. The topological polar surface area (TPSA) is 24.1 Å². The number of hydrogen-bond donors (Lipinski definition) is 2. The molecule has 0 spiro atoms. The van der Waals surface area contributed by atoms with Gasteiger partial charge in [0.05, 0.1) is 0 Å². The van der Waals surface area contributed by atoms with E-state index in [-0.39, 0.29) is 0 Å². The summed E-state index contributed by atoms with van der Waals surface area (Å²) >= 11 is 0. The van der Waals surface area contributed by atoms with Gasteiger partial charge in [-0.25, -0.2) is 0 Å². The molecule has 1 saturated heterocycles. The number of nitrogens with one attached hydrogen (secondary N) is 2. The van der Waals surface area contributed by atoms with Crippen LogP contribution in [0.1, 0.15) is 40.5 Å². The van der Waals surface area contributed by atoms with Crippen molar-refractivity contribution in [3.8, 4) is 0 Å². The zero-order chi connectivity index (χ0) is 9.90. The quantitative estimate of drug-likeness (QED) is 0.683. The standard InChI is InChI=1S/C11H24N2/c1-9-10(6-5-7-12-9)13-8-11(2,3)4/h9-10,12-13H,5-8H2,1-4H3. The van der Waals surface area contributed by atoms with E-state index in [0.717, 1.165) is 6.54 Å². The van der Waals surface area contributed by atoms with Gasteiger partial charge in [0, 0.05) is 18.6 Å². The minimum Gasteiger partial charge on any atom is -0.313 e. The summed E-state index contributed by atoms with van der Waals surface area (Å²) in [6.07, 6.45) is 2.64. The van der Waals surface area contributed by atoms with Crippen molar-refractivity contribution in [2.24, 2.45) is 5.41 Å². The highest BCUT2D eigenvalue weighted by Crippen LogP contribution is 2.14. The maximum atomic E-state index is 3.65. The molecule has 1 rings (SSSR count). The number of hydrogen-bond acceptors (Lipinski definition) is 2. The first-order valence-corrected chi connectivity index (χ1v) is 5.46. The van der Waals surface area contributed by atoms with E-state index in [1.165, 1.54) is 19.4 Å². The van der Waals surface area contributed by atoms with Crippen LogP contribution in [0.4, 0.5) is 0 Å². The Morgan fingerprint density at radius 3 is 2.62 bits per heavy atom. The Morgan fingerprint density at radius 2 is 2.08 bits per heavy atom. The van der Waals surface area contributed by atoms with E-state index in [9.17, 15) is 0 Å². The monoisotopic (exact) mass is 184 g/mol. The van der Waals surface area contributed by atoms with Crippen LogP contribution in [-0.2, 0) is 0 Å². The van der Waals surface area contributed by atoms with Crippen molar-refractivity contribution in [3.05, 3.63) is 0 Å². The van der Waals surface area contributed by atoms with Crippen molar-refractivity contribution in [1.82, 2.24) is 10.6 Å². The third-order valence-corrected chi connectivity index (χ3v) is 2.66. The molecule has 2 nitrogen and oxygen atoms in total. The first-order valence-electron chi connectivity index (χ1n) is 5.46. The van der Waals surface area contributed by atoms with Crippen LogP contribution in [-0.4, -0.2) is 25.2 Å². The van der Waals surface area contributed by atoms with Crippen molar-refractivity contribution >= 4 is 0 Å². The Morgan fingerprint density at radius 1 is 1.38 bits per heavy atom. The highest BCUT2D eigenvalue weighted by Gasteiger charge is 2.21. The van der Waals surface area contributed by atoms with Crippen LogP contribution in [0.3, 0.4) is 0 Å². The molecule has 2 unspecified atom stereocenters. The molecule has 2 heteroatoms. The summed E-state index contributed by atoms with van der Waals surface area (Å²) in [4.78, 5) is 0. The van der Waals surface area contributed by atoms with Gasteiger partial charge in [-0.05, 0) is 31.7 Å². The Kier molecular flexibility index (Phi) is 3.74. The molecular formula is C11H24N2. The lowest BCUT2D eigenvalue weighted by Gasteiger charge is -2.33. The molecular weight excluding hydrogens is 160 g/mol. The average molecular weight is 184 g/mol. The molecule has 0 aromatic rings. The maximum absolute atomic E-state index is 3.65. The second-order valence-corrected chi connectivity index (χ2v) is 5.43. The van der Waals surface area contributed by atoms with Crippen molar-refractivity contribution in [2.75, 3.05) is 13.1 Å². The van der Waals surface area contributed by atoms with E-state index in [1.807, 2.05) is 0 Å². The van der Waals surface area contributed by atoms with Crippen LogP contribution in [0.2, 0.25) is 0 Å². The van der Waals surface area contributed by atoms with Gasteiger partial charge in [-0.2, -0.15) is 0 Å². The van der Waals surface area contributed by atoms with Gasteiger partial charge >= 0.3 is 0 Å². The summed E-state index contributed by atoms with van der Waals surface area (Å²) in [5.74, 6) is 0. The van der Waals surface area contributed by atoms with Crippen molar-refractivity contribution in [3.63, 3.8) is 0 Å². The van der Waals surface area contributed by atoms with Gasteiger partial charge < -0.3 is 10.6 Å². The fourth-order valence-corrected chi connectivity index (χ4v) is 1.76. The molecule has 1 heterocycles. The van der Waals surface area contributed by atoms with E-state index < -0.39 is 0 Å². The molecule has 0 amide bonds. The highest BCUT2D eigenvalue weighted by molar-refractivity contribution is 4.84. The van der Waals surface area contributed by atoms with Crippen molar-refractivity contribution in [2.45, 2.75) is 52.6 Å². The van der Waals surface area contributed by atoms with E-state index in [4.69, 9.17) is 0 Å². The fraction of sp³-hybridized carbons (Fsp3) is 1.00. The van der Waals surface area contributed by atoms with E-state index in [0.29, 0.717) is 17.5 Å². The Hall–Kier alpha value is -0.0800. The average Bonchev–Trinajstić information content (AvgIpc) is 2.01. The first-order chi connectivity index (χ1) is 5.99. The van der Waals surface area contributed by atoms with Gasteiger partial charge in [0.15, 0.2) is 0 Å². The molecule has 1 fully saturated rings. The van der Waals surface area contributed by atoms with Crippen molar-refractivity contribution in [1.29, 1.82) is 0 Å². The summed E-state index contributed by atoms with van der Waals surface area (Å²) in [6.45, 7) is 11.4.